The van der Waals surface area contributed by atoms with Crippen molar-refractivity contribution in [3.05, 3.63) is 54.1 Å². The second kappa shape index (κ2) is 6.04. The largest absolute Gasteiger partial charge is 0.352 e. The van der Waals surface area contributed by atoms with Crippen molar-refractivity contribution in [2.75, 3.05) is 6.54 Å². The second-order valence-corrected chi connectivity index (χ2v) is 4.20. The van der Waals surface area contributed by atoms with E-state index in [4.69, 9.17) is 0 Å². The highest BCUT2D eigenvalue weighted by molar-refractivity contribution is 5.79. The summed E-state index contributed by atoms with van der Waals surface area (Å²) in [5, 5.41) is 2.93. The van der Waals surface area contributed by atoms with Crippen molar-refractivity contribution >= 4 is 12.0 Å². The van der Waals surface area contributed by atoms with Gasteiger partial charge in [0.05, 0.1) is 0 Å². The van der Waals surface area contributed by atoms with Crippen molar-refractivity contribution in [2.24, 2.45) is 5.92 Å². The molecule has 1 aliphatic carbocycles. The predicted octanol–water partition coefficient (Wildman–Crippen LogP) is 2.78. The van der Waals surface area contributed by atoms with Crippen molar-refractivity contribution < 1.29 is 4.79 Å². The van der Waals surface area contributed by atoms with Gasteiger partial charge in [-0.15, -0.1) is 0 Å². The molecule has 2 nitrogen and oxygen atoms in total. The number of carbonyl (C=O) groups excluding carboxylic acids is 1. The fourth-order valence-corrected chi connectivity index (χ4v) is 1.89. The molecule has 88 valence electrons. The van der Waals surface area contributed by atoms with Gasteiger partial charge in [-0.2, -0.15) is 0 Å². The Kier molecular flexibility index (Phi) is 4.14. The van der Waals surface area contributed by atoms with Gasteiger partial charge >= 0.3 is 0 Å². The molecule has 17 heavy (non-hydrogen) atoms. The highest BCUT2D eigenvalue weighted by Crippen LogP contribution is 2.17. The number of amides is 1. The number of benzene rings is 1. The predicted molar refractivity (Wildman–Crippen MR) is 70.3 cm³/mol. The summed E-state index contributed by atoms with van der Waals surface area (Å²) in [6.45, 7) is 0.601. The van der Waals surface area contributed by atoms with Gasteiger partial charge in [-0.25, -0.2) is 0 Å². The van der Waals surface area contributed by atoms with Crippen LogP contribution in [0.25, 0.3) is 6.08 Å². The van der Waals surface area contributed by atoms with E-state index in [0.717, 1.165) is 18.4 Å². The molecule has 1 amide bonds. The summed E-state index contributed by atoms with van der Waals surface area (Å²) in [5.41, 5.74) is 1.16. The number of allylic oxidation sites excluding steroid dienone is 2. The van der Waals surface area contributed by atoms with E-state index >= 15 is 0 Å². The third-order valence-electron chi connectivity index (χ3n) is 2.88. The Morgan fingerprint density at radius 1 is 1.24 bits per heavy atom. The number of rotatable bonds is 4. The SMILES string of the molecule is O=C(NCC=Cc1ccccc1)C1CC=CC1. The van der Waals surface area contributed by atoms with E-state index in [1.165, 1.54) is 0 Å². The summed E-state index contributed by atoms with van der Waals surface area (Å²) >= 11 is 0. The van der Waals surface area contributed by atoms with Crippen LogP contribution in [-0.4, -0.2) is 12.5 Å². The van der Waals surface area contributed by atoms with Gasteiger partial charge in [-0.1, -0.05) is 54.6 Å². The zero-order valence-corrected chi connectivity index (χ0v) is 9.80. The van der Waals surface area contributed by atoms with Crippen molar-refractivity contribution in [1.29, 1.82) is 0 Å². The molecule has 0 spiro atoms. The molecule has 2 rings (SSSR count). The van der Waals surface area contributed by atoms with E-state index in [2.05, 4.69) is 17.5 Å². The van der Waals surface area contributed by atoms with Gasteiger partial charge in [-0.05, 0) is 18.4 Å². The summed E-state index contributed by atoms with van der Waals surface area (Å²) in [6.07, 6.45) is 9.92. The zero-order valence-electron chi connectivity index (χ0n) is 9.80. The topological polar surface area (TPSA) is 29.1 Å². The summed E-state index contributed by atoms with van der Waals surface area (Å²) in [6, 6.07) is 10.1. The average Bonchev–Trinajstić information content (AvgIpc) is 2.89. The molecule has 2 heteroatoms. The van der Waals surface area contributed by atoms with Gasteiger partial charge in [0.15, 0.2) is 0 Å². The van der Waals surface area contributed by atoms with Gasteiger partial charge in [0, 0.05) is 12.5 Å². The second-order valence-electron chi connectivity index (χ2n) is 4.20. The third kappa shape index (κ3) is 3.59. The molecule has 0 radical (unpaired) electrons. The van der Waals surface area contributed by atoms with Gasteiger partial charge < -0.3 is 5.32 Å². The Labute approximate surface area is 102 Å². The van der Waals surface area contributed by atoms with E-state index in [-0.39, 0.29) is 11.8 Å². The zero-order chi connectivity index (χ0) is 11.9. The monoisotopic (exact) mass is 227 g/mol. The van der Waals surface area contributed by atoms with Crippen LogP contribution in [0.5, 0.6) is 0 Å². The maximum atomic E-state index is 11.7. The minimum atomic E-state index is 0.153. The van der Waals surface area contributed by atoms with Crippen LogP contribution in [0.2, 0.25) is 0 Å². The molecular weight excluding hydrogens is 210 g/mol. The van der Waals surface area contributed by atoms with Crippen LogP contribution in [-0.2, 0) is 4.79 Å². The lowest BCUT2D eigenvalue weighted by atomic mass is 10.1. The first-order valence-corrected chi connectivity index (χ1v) is 6.00. The van der Waals surface area contributed by atoms with E-state index in [1.807, 2.05) is 42.5 Å². The van der Waals surface area contributed by atoms with E-state index in [0.29, 0.717) is 6.54 Å². The van der Waals surface area contributed by atoms with Crippen LogP contribution in [0, 0.1) is 5.92 Å². The number of hydrogen-bond acceptors (Lipinski definition) is 1. The molecule has 0 saturated heterocycles. The Hall–Kier alpha value is -1.83. The Balaban J connectivity index is 1.72. The highest BCUT2D eigenvalue weighted by Gasteiger charge is 2.17. The lowest BCUT2D eigenvalue weighted by Gasteiger charge is -2.08. The van der Waals surface area contributed by atoms with Crippen LogP contribution >= 0.6 is 0 Å². The normalized spacial score (nSPS) is 15.5. The van der Waals surface area contributed by atoms with Crippen molar-refractivity contribution in [2.45, 2.75) is 12.8 Å². The first-order chi connectivity index (χ1) is 8.36. The smallest absolute Gasteiger partial charge is 0.223 e. The van der Waals surface area contributed by atoms with Crippen molar-refractivity contribution in [3.8, 4) is 0 Å². The fourth-order valence-electron chi connectivity index (χ4n) is 1.89. The van der Waals surface area contributed by atoms with Gasteiger partial charge in [-0.3, -0.25) is 4.79 Å². The summed E-state index contributed by atoms with van der Waals surface area (Å²) in [5.74, 6) is 0.313. The Bertz CT molecular complexity index is 412. The van der Waals surface area contributed by atoms with E-state index < -0.39 is 0 Å². The molecule has 1 aromatic carbocycles. The quantitative estimate of drug-likeness (QED) is 0.787. The van der Waals surface area contributed by atoms with Crippen LogP contribution in [0.1, 0.15) is 18.4 Å². The average molecular weight is 227 g/mol. The lowest BCUT2D eigenvalue weighted by Crippen LogP contribution is -2.29. The minimum absolute atomic E-state index is 0.153. The standard InChI is InChI=1S/C15H17NO/c17-15(14-10-4-5-11-14)16-12-6-9-13-7-2-1-3-8-13/h1-9,14H,10-12H2,(H,16,17). The molecule has 0 fully saturated rings. The number of hydrogen-bond donors (Lipinski definition) is 1. The molecule has 0 aromatic heterocycles. The Morgan fingerprint density at radius 3 is 2.65 bits per heavy atom. The van der Waals surface area contributed by atoms with Crippen molar-refractivity contribution in [3.63, 3.8) is 0 Å². The molecule has 0 bridgehead atoms. The first-order valence-electron chi connectivity index (χ1n) is 6.00. The molecule has 1 aliphatic rings. The van der Waals surface area contributed by atoms with Crippen LogP contribution in [0.3, 0.4) is 0 Å². The van der Waals surface area contributed by atoms with E-state index in [9.17, 15) is 4.79 Å². The molecule has 0 atom stereocenters. The summed E-state index contributed by atoms with van der Waals surface area (Å²) in [7, 11) is 0. The molecule has 1 aromatic rings. The van der Waals surface area contributed by atoms with Crippen molar-refractivity contribution in [1.82, 2.24) is 5.32 Å². The highest BCUT2D eigenvalue weighted by atomic mass is 16.1. The number of nitrogens with one attached hydrogen (secondary N) is 1. The molecule has 0 saturated carbocycles. The molecule has 0 aliphatic heterocycles. The Morgan fingerprint density at radius 2 is 1.94 bits per heavy atom. The molecule has 0 unspecified atom stereocenters. The van der Waals surface area contributed by atoms with Gasteiger partial charge in [0.2, 0.25) is 5.91 Å². The molecule has 0 heterocycles. The number of carbonyl (C=O) groups is 1. The van der Waals surface area contributed by atoms with Crippen LogP contribution < -0.4 is 5.32 Å². The fraction of sp³-hybridized carbons (Fsp3) is 0.267. The summed E-state index contributed by atoms with van der Waals surface area (Å²) in [4.78, 5) is 11.7. The van der Waals surface area contributed by atoms with Crippen LogP contribution in [0.4, 0.5) is 0 Å². The molecular formula is C15H17NO. The van der Waals surface area contributed by atoms with Crippen LogP contribution in [0.15, 0.2) is 48.6 Å². The maximum Gasteiger partial charge on any atom is 0.223 e. The summed E-state index contributed by atoms with van der Waals surface area (Å²) < 4.78 is 0. The van der Waals surface area contributed by atoms with Gasteiger partial charge in [0.25, 0.3) is 0 Å². The lowest BCUT2D eigenvalue weighted by molar-refractivity contribution is -0.124. The first kappa shape index (κ1) is 11.6. The third-order valence-corrected chi connectivity index (χ3v) is 2.88. The maximum absolute atomic E-state index is 11.7. The minimum Gasteiger partial charge on any atom is -0.352 e. The van der Waals surface area contributed by atoms with Gasteiger partial charge in [0.1, 0.15) is 0 Å². The molecule has 1 N–H and O–H groups in total. The van der Waals surface area contributed by atoms with E-state index in [1.54, 1.807) is 0 Å².